The molecule has 2 nitrogen and oxygen atoms in total. The predicted octanol–water partition coefficient (Wildman–Crippen LogP) is 4.30. The zero-order chi connectivity index (χ0) is 13.8. The van der Waals surface area contributed by atoms with Gasteiger partial charge in [-0.2, -0.15) is 5.26 Å². The molecule has 0 atom stereocenters. The highest BCUT2D eigenvalue weighted by molar-refractivity contribution is 5.31. The molecule has 0 aliphatic carbocycles. The number of benzene rings is 1. The van der Waals surface area contributed by atoms with Gasteiger partial charge in [-0.05, 0) is 43.4 Å². The Balaban J connectivity index is 2.53. The highest BCUT2D eigenvalue weighted by atomic mass is 16.5. The van der Waals surface area contributed by atoms with E-state index in [4.69, 9.17) is 10.00 Å². The summed E-state index contributed by atoms with van der Waals surface area (Å²) in [6, 6.07) is 10.5. The molecule has 0 unspecified atom stereocenters. The van der Waals surface area contributed by atoms with Gasteiger partial charge in [0.05, 0.1) is 18.1 Å². The molecule has 0 fully saturated rings. The van der Waals surface area contributed by atoms with Crippen LogP contribution in [0.25, 0.3) is 0 Å². The van der Waals surface area contributed by atoms with Crippen LogP contribution in [0, 0.1) is 16.7 Å². The molecule has 0 bridgehead atoms. The van der Waals surface area contributed by atoms with Crippen molar-refractivity contribution in [2.75, 3.05) is 6.61 Å². The second kappa shape index (κ2) is 5.44. The molecule has 0 spiro atoms. The molecule has 0 saturated heterocycles. The van der Waals surface area contributed by atoms with E-state index in [1.54, 1.807) is 0 Å². The van der Waals surface area contributed by atoms with Gasteiger partial charge in [0.1, 0.15) is 5.75 Å². The number of hydrogen-bond acceptors (Lipinski definition) is 2. The Hall–Kier alpha value is -1.49. The molecule has 18 heavy (non-hydrogen) atoms. The van der Waals surface area contributed by atoms with Crippen molar-refractivity contribution in [2.24, 2.45) is 5.41 Å². The summed E-state index contributed by atoms with van der Waals surface area (Å²) in [4.78, 5) is 0. The molecular weight excluding hydrogens is 222 g/mol. The first-order valence-corrected chi connectivity index (χ1v) is 6.39. The molecule has 0 radical (unpaired) electrons. The van der Waals surface area contributed by atoms with Crippen LogP contribution < -0.4 is 4.74 Å². The Bertz CT molecular complexity index is 418. The summed E-state index contributed by atoms with van der Waals surface area (Å²) in [5.74, 6) is 0.872. The number of hydrogen-bond donors (Lipinski definition) is 0. The van der Waals surface area contributed by atoms with Crippen molar-refractivity contribution in [1.82, 2.24) is 0 Å². The number of nitrogens with zero attached hydrogens (tertiary/aromatic N) is 1. The predicted molar refractivity (Wildman–Crippen MR) is 74.6 cm³/mol. The first-order valence-electron chi connectivity index (χ1n) is 6.39. The summed E-state index contributed by atoms with van der Waals surface area (Å²) in [6.07, 6.45) is 0.741. The summed E-state index contributed by atoms with van der Waals surface area (Å²) in [6.45, 7) is 11.0. The first kappa shape index (κ1) is 14.6. The Morgan fingerprint density at radius 2 is 1.61 bits per heavy atom. The highest BCUT2D eigenvalue weighted by Gasteiger charge is 2.16. The van der Waals surface area contributed by atoms with E-state index < -0.39 is 0 Å². The van der Waals surface area contributed by atoms with Gasteiger partial charge in [-0.3, -0.25) is 0 Å². The largest absolute Gasteiger partial charge is 0.494 e. The minimum atomic E-state index is -0.314. The van der Waals surface area contributed by atoms with E-state index >= 15 is 0 Å². The van der Waals surface area contributed by atoms with Crippen molar-refractivity contribution in [3.05, 3.63) is 29.8 Å². The average molecular weight is 245 g/mol. The molecule has 2 heteroatoms. The van der Waals surface area contributed by atoms with Crippen molar-refractivity contribution >= 4 is 0 Å². The monoisotopic (exact) mass is 245 g/mol. The molecule has 0 saturated carbocycles. The van der Waals surface area contributed by atoms with E-state index in [1.807, 2.05) is 26.0 Å². The van der Waals surface area contributed by atoms with Gasteiger partial charge in [0, 0.05) is 0 Å². The van der Waals surface area contributed by atoms with Crippen molar-refractivity contribution in [3.63, 3.8) is 0 Å². The lowest BCUT2D eigenvalue weighted by atomic mass is 9.87. The van der Waals surface area contributed by atoms with Crippen LogP contribution in [0.4, 0.5) is 0 Å². The summed E-state index contributed by atoms with van der Waals surface area (Å²) in [5, 5.41) is 8.91. The lowest BCUT2D eigenvalue weighted by Crippen LogP contribution is -2.13. The molecule has 0 amide bonds. The molecule has 1 aromatic rings. The van der Waals surface area contributed by atoms with Crippen molar-refractivity contribution in [1.29, 1.82) is 5.26 Å². The second-order valence-electron chi connectivity index (χ2n) is 6.37. The maximum atomic E-state index is 8.91. The highest BCUT2D eigenvalue weighted by Crippen LogP contribution is 2.25. The molecule has 0 heterocycles. The summed E-state index contributed by atoms with van der Waals surface area (Å²) in [5.41, 5.74) is 1.15. The third kappa shape index (κ3) is 4.41. The topological polar surface area (TPSA) is 33.0 Å². The molecule has 1 aromatic carbocycles. The number of ether oxygens (including phenoxy) is 1. The van der Waals surface area contributed by atoms with E-state index in [2.05, 4.69) is 39.0 Å². The maximum absolute atomic E-state index is 8.91. The van der Waals surface area contributed by atoms with Crippen LogP contribution in [0.15, 0.2) is 24.3 Å². The van der Waals surface area contributed by atoms with E-state index in [-0.39, 0.29) is 10.8 Å². The lowest BCUT2D eigenvalue weighted by Gasteiger charge is -2.19. The zero-order valence-electron chi connectivity index (χ0n) is 12.1. The van der Waals surface area contributed by atoms with Gasteiger partial charge in [-0.15, -0.1) is 0 Å². The van der Waals surface area contributed by atoms with Gasteiger partial charge >= 0.3 is 0 Å². The third-order valence-electron chi connectivity index (χ3n) is 3.02. The normalized spacial score (nSPS) is 12.0. The molecule has 0 aliphatic heterocycles. The van der Waals surface area contributed by atoms with Gasteiger partial charge in [0.25, 0.3) is 0 Å². The quantitative estimate of drug-likeness (QED) is 0.792. The third-order valence-corrected chi connectivity index (χ3v) is 3.02. The fourth-order valence-electron chi connectivity index (χ4n) is 1.53. The standard InChI is InChI=1S/C16H23NO/c1-15(2,3)13-6-8-14(9-7-13)18-11-10-16(4,5)12-17/h6-9H,10-11H2,1-5H3. The van der Waals surface area contributed by atoms with Crippen LogP contribution in [0.2, 0.25) is 0 Å². The fourth-order valence-corrected chi connectivity index (χ4v) is 1.53. The van der Waals surface area contributed by atoms with Crippen LogP contribution >= 0.6 is 0 Å². The minimum absolute atomic E-state index is 0.168. The number of nitriles is 1. The Kier molecular flexibility index (Phi) is 4.40. The van der Waals surface area contributed by atoms with Crippen LogP contribution in [0.3, 0.4) is 0 Å². The van der Waals surface area contributed by atoms with E-state index in [9.17, 15) is 0 Å². The van der Waals surface area contributed by atoms with Crippen molar-refractivity contribution in [3.8, 4) is 11.8 Å². The Morgan fingerprint density at radius 3 is 2.06 bits per heavy atom. The van der Waals surface area contributed by atoms with Crippen molar-refractivity contribution < 1.29 is 4.74 Å². The molecule has 0 N–H and O–H groups in total. The van der Waals surface area contributed by atoms with Gasteiger partial charge < -0.3 is 4.74 Å². The second-order valence-corrected chi connectivity index (χ2v) is 6.37. The number of rotatable bonds is 4. The lowest BCUT2D eigenvalue weighted by molar-refractivity contribution is 0.264. The van der Waals surface area contributed by atoms with Crippen LogP contribution in [-0.4, -0.2) is 6.61 Å². The van der Waals surface area contributed by atoms with Crippen LogP contribution in [0.5, 0.6) is 5.75 Å². The summed E-state index contributed by atoms with van der Waals surface area (Å²) >= 11 is 0. The molecule has 0 aliphatic rings. The Morgan fingerprint density at radius 1 is 1.06 bits per heavy atom. The van der Waals surface area contributed by atoms with Gasteiger partial charge in [0.15, 0.2) is 0 Å². The van der Waals surface area contributed by atoms with Crippen LogP contribution in [0.1, 0.15) is 46.6 Å². The summed E-state index contributed by atoms with van der Waals surface area (Å²) < 4.78 is 5.66. The summed E-state index contributed by atoms with van der Waals surface area (Å²) in [7, 11) is 0. The fraction of sp³-hybridized carbons (Fsp3) is 0.562. The molecular formula is C16H23NO. The first-order chi connectivity index (χ1) is 8.24. The van der Waals surface area contributed by atoms with E-state index in [0.717, 1.165) is 12.2 Å². The van der Waals surface area contributed by atoms with E-state index in [1.165, 1.54) is 5.56 Å². The maximum Gasteiger partial charge on any atom is 0.119 e. The van der Waals surface area contributed by atoms with Gasteiger partial charge in [0.2, 0.25) is 0 Å². The van der Waals surface area contributed by atoms with Gasteiger partial charge in [-0.25, -0.2) is 0 Å². The SMILES string of the molecule is CC(C)(C#N)CCOc1ccc(C(C)(C)C)cc1. The van der Waals surface area contributed by atoms with Gasteiger partial charge in [-0.1, -0.05) is 32.9 Å². The molecule has 98 valence electrons. The van der Waals surface area contributed by atoms with E-state index in [0.29, 0.717) is 6.61 Å². The van der Waals surface area contributed by atoms with Crippen molar-refractivity contribution in [2.45, 2.75) is 46.5 Å². The van der Waals surface area contributed by atoms with Crippen LogP contribution in [-0.2, 0) is 5.41 Å². The zero-order valence-corrected chi connectivity index (χ0v) is 12.1. The smallest absolute Gasteiger partial charge is 0.119 e. The average Bonchev–Trinajstić information content (AvgIpc) is 2.28. The molecule has 0 aromatic heterocycles. The Labute approximate surface area is 111 Å². The minimum Gasteiger partial charge on any atom is -0.494 e. The molecule has 1 rings (SSSR count).